The molecule has 20 heavy (non-hydrogen) atoms. The molecule has 1 aromatic carbocycles. The van der Waals surface area contributed by atoms with Crippen LogP contribution in [0.15, 0.2) is 29.2 Å². The third-order valence-corrected chi connectivity index (χ3v) is 5.74. The quantitative estimate of drug-likeness (QED) is 0.926. The summed E-state index contributed by atoms with van der Waals surface area (Å²) in [6, 6.07) is 5.73. The van der Waals surface area contributed by atoms with Crippen molar-refractivity contribution in [2.75, 3.05) is 6.54 Å². The highest BCUT2D eigenvalue weighted by Crippen LogP contribution is 2.26. The molecule has 1 saturated heterocycles. The first kappa shape index (κ1) is 15.0. The van der Waals surface area contributed by atoms with Gasteiger partial charge in [0.25, 0.3) is 0 Å². The lowest BCUT2D eigenvalue weighted by atomic mass is 10.1. The number of sulfonamides is 1. The van der Waals surface area contributed by atoms with Crippen molar-refractivity contribution in [1.29, 1.82) is 0 Å². The molecular formula is C14H19NO4S. The monoisotopic (exact) mass is 297 g/mol. The number of aliphatic carboxylic acids is 1. The Labute approximate surface area is 119 Å². The number of hydrogen-bond donors (Lipinski definition) is 1. The maximum Gasteiger partial charge on any atom is 0.322 e. The van der Waals surface area contributed by atoms with Gasteiger partial charge >= 0.3 is 5.97 Å². The summed E-state index contributed by atoms with van der Waals surface area (Å²) in [6.07, 6.45) is 2.69. The van der Waals surface area contributed by atoms with Crippen LogP contribution in [0.4, 0.5) is 0 Å². The highest BCUT2D eigenvalue weighted by Gasteiger charge is 2.36. The highest BCUT2D eigenvalue weighted by molar-refractivity contribution is 7.89. The molecule has 1 aliphatic heterocycles. The van der Waals surface area contributed by atoms with Gasteiger partial charge in [-0.2, -0.15) is 4.31 Å². The van der Waals surface area contributed by atoms with E-state index in [4.69, 9.17) is 0 Å². The minimum Gasteiger partial charge on any atom is -0.480 e. The van der Waals surface area contributed by atoms with Gasteiger partial charge < -0.3 is 5.11 Å². The Bertz CT molecular complexity index is 597. The van der Waals surface area contributed by atoms with E-state index in [-0.39, 0.29) is 11.4 Å². The van der Waals surface area contributed by atoms with Gasteiger partial charge in [-0.25, -0.2) is 8.42 Å². The predicted molar refractivity (Wildman–Crippen MR) is 75.0 cm³/mol. The molecule has 1 unspecified atom stereocenters. The molecule has 5 nitrogen and oxygen atoms in total. The maximum absolute atomic E-state index is 12.7. The van der Waals surface area contributed by atoms with Crippen molar-refractivity contribution in [3.8, 4) is 0 Å². The standard InChI is InChI=1S/C14H19NO4S/c1-11-7-4-5-9-13(11)20(18,19)15-10-6-2-3-8-12(15)14(16)17/h4-5,7,9,12H,2-3,6,8,10H2,1H3,(H,16,17). The highest BCUT2D eigenvalue weighted by atomic mass is 32.2. The van der Waals surface area contributed by atoms with Gasteiger partial charge in [0.05, 0.1) is 4.90 Å². The van der Waals surface area contributed by atoms with Crippen LogP contribution < -0.4 is 0 Å². The van der Waals surface area contributed by atoms with Crippen molar-refractivity contribution in [2.24, 2.45) is 0 Å². The zero-order valence-electron chi connectivity index (χ0n) is 11.4. The van der Waals surface area contributed by atoms with Gasteiger partial charge in [0.2, 0.25) is 10.0 Å². The second kappa shape index (κ2) is 5.93. The Hall–Kier alpha value is -1.40. The smallest absolute Gasteiger partial charge is 0.322 e. The average molecular weight is 297 g/mol. The van der Waals surface area contributed by atoms with Gasteiger partial charge in [0.15, 0.2) is 0 Å². The first-order valence-corrected chi connectivity index (χ1v) is 8.19. The third-order valence-electron chi connectivity index (χ3n) is 3.67. The van der Waals surface area contributed by atoms with Crippen LogP contribution in [0.25, 0.3) is 0 Å². The molecule has 1 aromatic rings. The molecule has 110 valence electrons. The van der Waals surface area contributed by atoms with Crippen molar-refractivity contribution in [3.05, 3.63) is 29.8 Å². The number of aryl methyl sites for hydroxylation is 1. The Morgan fingerprint density at radius 2 is 1.95 bits per heavy atom. The van der Waals surface area contributed by atoms with Crippen LogP contribution in [-0.4, -0.2) is 36.4 Å². The van der Waals surface area contributed by atoms with E-state index in [1.807, 2.05) is 0 Å². The summed E-state index contributed by atoms with van der Waals surface area (Å²) in [5.74, 6) is -1.07. The van der Waals surface area contributed by atoms with Gasteiger partial charge in [-0.15, -0.1) is 0 Å². The molecule has 0 saturated carbocycles. The average Bonchev–Trinajstić information content (AvgIpc) is 2.65. The van der Waals surface area contributed by atoms with Crippen LogP contribution in [0.3, 0.4) is 0 Å². The molecule has 0 bridgehead atoms. The van der Waals surface area contributed by atoms with Crippen molar-refractivity contribution in [1.82, 2.24) is 4.31 Å². The van der Waals surface area contributed by atoms with Crippen molar-refractivity contribution in [3.63, 3.8) is 0 Å². The van der Waals surface area contributed by atoms with E-state index in [0.717, 1.165) is 17.1 Å². The van der Waals surface area contributed by atoms with Crippen molar-refractivity contribution >= 4 is 16.0 Å². The molecular weight excluding hydrogens is 278 g/mol. The van der Waals surface area contributed by atoms with Crippen LogP contribution >= 0.6 is 0 Å². The molecule has 1 aliphatic rings. The van der Waals surface area contributed by atoms with Crippen LogP contribution in [-0.2, 0) is 14.8 Å². The normalized spacial score (nSPS) is 21.4. The van der Waals surface area contributed by atoms with E-state index in [9.17, 15) is 18.3 Å². The first-order chi connectivity index (χ1) is 9.44. The van der Waals surface area contributed by atoms with Crippen LogP contribution in [0, 0.1) is 6.92 Å². The van der Waals surface area contributed by atoms with E-state index in [2.05, 4.69) is 0 Å². The molecule has 6 heteroatoms. The molecule has 1 fully saturated rings. The summed E-state index contributed by atoms with van der Waals surface area (Å²) in [4.78, 5) is 11.6. The lowest BCUT2D eigenvalue weighted by Gasteiger charge is -2.26. The second-order valence-electron chi connectivity index (χ2n) is 5.08. The Kier molecular flexibility index (Phi) is 4.45. The summed E-state index contributed by atoms with van der Waals surface area (Å²) < 4.78 is 26.6. The number of rotatable bonds is 3. The molecule has 2 rings (SSSR count). The lowest BCUT2D eigenvalue weighted by Crippen LogP contribution is -2.44. The van der Waals surface area contributed by atoms with E-state index in [1.165, 1.54) is 6.07 Å². The molecule has 0 amide bonds. The molecule has 0 spiro atoms. The molecule has 0 radical (unpaired) electrons. The van der Waals surface area contributed by atoms with E-state index < -0.39 is 22.0 Å². The summed E-state index contributed by atoms with van der Waals surface area (Å²) >= 11 is 0. The topological polar surface area (TPSA) is 74.7 Å². The fraction of sp³-hybridized carbons (Fsp3) is 0.500. The van der Waals surface area contributed by atoms with Gasteiger partial charge in [-0.3, -0.25) is 4.79 Å². The van der Waals surface area contributed by atoms with E-state index >= 15 is 0 Å². The van der Waals surface area contributed by atoms with Crippen LogP contribution in [0.2, 0.25) is 0 Å². The number of carboxylic acid groups (broad SMARTS) is 1. The zero-order valence-corrected chi connectivity index (χ0v) is 12.3. The largest absolute Gasteiger partial charge is 0.480 e. The zero-order chi connectivity index (χ0) is 14.8. The molecule has 1 heterocycles. The third kappa shape index (κ3) is 2.86. The summed E-state index contributed by atoms with van der Waals surface area (Å²) in [7, 11) is -3.76. The fourth-order valence-corrected chi connectivity index (χ4v) is 4.47. The first-order valence-electron chi connectivity index (χ1n) is 6.75. The summed E-state index contributed by atoms with van der Waals surface area (Å²) in [5.41, 5.74) is 0.640. The predicted octanol–water partition coefficient (Wildman–Crippen LogP) is 2.01. The Morgan fingerprint density at radius 3 is 2.60 bits per heavy atom. The Morgan fingerprint density at radius 1 is 1.25 bits per heavy atom. The van der Waals surface area contributed by atoms with Crippen LogP contribution in [0.5, 0.6) is 0 Å². The number of hydrogen-bond acceptors (Lipinski definition) is 3. The van der Waals surface area contributed by atoms with Crippen molar-refractivity contribution < 1.29 is 18.3 Å². The van der Waals surface area contributed by atoms with Gasteiger partial charge in [-0.05, 0) is 31.4 Å². The number of carboxylic acids is 1. The molecule has 0 aromatic heterocycles. The Balaban J connectivity index is 2.45. The number of benzene rings is 1. The van der Waals surface area contributed by atoms with Gasteiger partial charge in [0, 0.05) is 6.54 Å². The lowest BCUT2D eigenvalue weighted by molar-refractivity contribution is -0.141. The summed E-state index contributed by atoms with van der Waals surface area (Å²) in [5, 5.41) is 9.31. The second-order valence-corrected chi connectivity index (χ2v) is 6.94. The molecule has 0 aliphatic carbocycles. The van der Waals surface area contributed by atoms with E-state index in [1.54, 1.807) is 25.1 Å². The van der Waals surface area contributed by atoms with Gasteiger partial charge in [-0.1, -0.05) is 31.0 Å². The summed E-state index contributed by atoms with van der Waals surface area (Å²) in [6.45, 7) is 1.99. The minimum absolute atomic E-state index is 0.202. The van der Waals surface area contributed by atoms with E-state index in [0.29, 0.717) is 18.4 Å². The van der Waals surface area contributed by atoms with Crippen molar-refractivity contribution in [2.45, 2.75) is 43.5 Å². The molecule has 1 N–H and O–H groups in total. The fourth-order valence-electron chi connectivity index (χ4n) is 2.59. The minimum atomic E-state index is -3.76. The molecule has 1 atom stereocenters. The van der Waals surface area contributed by atoms with Crippen LogP contribution in [0.1, 0.15) is 31.2 Å². The number of nitrogens with zero attached hydrogens (tertiary/aromatic N) is 1. The SMILES string of the molecule is Cc1ccccc1S(=O)(=O)N1CCCCCC1C(=O)O. The van der Waals surface area contributed by atoms with Gasteiger partial charge in [0.1, 0.15) is 6.04 Å². The number of carbonyl (C=O) groups is 1. The maximum atomic E-state index is 12.7.